The molecule has 1 N–H and O–H groups in total. The fraction of sp³-hybridized carbons (Fsp3) is 0.444. The molecule has 2 aromatic rings. The first-order chi connectivity index (χ1) is 12.5. The summed E-state index contributed by atoms with van der Waals surface area (Å²) in [5.74, 6) is 0.811. The molecule has 26 heavy (non-hydrogen) atoms. The van der Waals surface area contributed by atoms with Gasteiger partial charge in [-0.15, -0.1) is 0 Å². The minimum absolute atomic E-state index is 0.140. The highest BCUT2D eigenvalue weighted by Crippen LogP contribution is 2.26. The second-order valence-electron chi connectivity index (χ2n) is 6.12. The first-order valence-corrected chi connectivity index (χ1v) is 8.73. The molecule has 3 rings (SSSR count). The molecule has 0 bridgehead atoms. The number of nitrogens with zero attached hydrogens (tertiary/aromatic N) is 1. The average Bonchev–Trinajstić information content (AvgIpc) is 3.12. The molecule has 1 fully saturated rings. The number of benzene rings is 1. The van der Waals surface area contributed by atoms with E-state index in [0.717, 1.165) is 16.1 Å². The predicted octanol–water partition coefficient (Wildman–Crippen LogP) is 2.67. The first kappa shape index (κ1) is 18.7. The lowest BCUT2D eigenvalue weighted by atomic mass is 10.1. The van der Waals surface area contributed by atoms with Crippen molar-refractivity contribution in [1.29, 1.82) is 0 Å². The lowest BCUT2D eigenvalue weighted by Gasteiger charge is -2.22. The number of halogens is 1. The third-order valence-corrected chi connectivity index (χ3v) is 4.55. The van der Waals surface area contributed by atoms with Gasteiger partial charge in [-0.2, -0.15) is 0 Å². The Kier molecular flexibility index (Phi) is 6.13. The molecule has 1 aromatic heterocycles. The number of aromatic nitrogens is 1. The minimum atomic E-state index is -0.327. The SMILES string of the molecule is Cc1cc(OCc2cc(C(=O)NCC3COCCO3)no2)cc(C)c1Cl. The van der Waals surface area contributed by atoms with E-state index in [1.54, 1.807) is 6.07 Å². The average molecular weight is 381 g/mol. The summed E-state index contributed by atoms with van der Waals surface area (Å²) < 4.78 is 21.6. The van der Waals surface area contributed by atoms with Crippen LogP contribution in [0.5, 0.6) is 5.75 Å². The molecule has 0 spiro atoms. The first-order valence-electron chi connectivity index (χ1n) is 8.35. The number of ether oxygens (including phenoxy) is 3. The summed E-state index contributed by atoms with van der Waals surface area (Å²) in [4.78, 5) is 12.1. The maximum absolute atomic E-state index is 12.1. The number of carbonyl (C=O) groups excluding carboxylic acids is 1. The van der Waals surface area contributed by atoms with Crippen LogP contribution in [0, 0.1) is 13.8 Å². The van der Waals surface area contributed by atoms with Gasteiger partial charge in [0.1, 0.15) is 12.4 Å². The zero-order valence-corrected chi connectivity index (χ0v) is 15.5. The van der Waals surface area contributed by atoms with Crippen LogP contribution in [0.1, 0.15) is 27.4 Å². The van der Waals surface area contributed by atoms with E-state index in [9.17, 15) is 4.79 Å². The van der Waals surface area contributed by atoms with Gasteiger partial charge in [-0.1, -0.05) is 16.8 Å². The summed E-state index contributed by atoms with van der Waals surface area (Å²) in [6.45, 7) is 5.96. The van der Waals surface area contributed by atoms with E-state index in [2.05, 4.69) is 10.5 Å². The molecule has 1 unspecified atom stereocenters. The van der Waals surface area contributed by atoms with Gasteiger partial charge in [0.15, 0.2) is 11.5 Å². The Labute approximate surface area is 156 Å². The summed E-state index contributed by atoms with van der Waals surface area (Å²) in [6, 6.07) is 5.26. The van der Waals surface area contributed by atoms with Crippen molar-refractivity contribution in [3.8, 4) is 5.75 Å². The zero-order chi connectivity index (χ0) is 18.5. The largest absolute Gasteiger partial charge is 0.486 e. The van der Waals surface area contributed by atoms with Gasteiger partial charge in [0.05, 0.1) is 25.9 Å². The van der Waals surface area contributed by atoms with Crippen LogP contribution in [0.3, 0.4) is 0 Å². The number of carbonyl (C=O) groups is 1. The highest BCUT2D eigenvalue weighted by Gasteiger charge is 2.18. The number of hydrogen-bond donors (Lipinski definition) is 1. The van der Waals surface area contributed by atoms with Crippen LogP contribution in [0.15, 0.2) is 22.7 Å². The van der Waals surface area contributed by atoms with Crippen LogP contribution in [0.25, 0.3) is 0 Å². The fourth-order valence-corrected chi connectivity index (χ4v) is 2.69. The second-order valence-corrected chi connectivity index (χ2v) is 6.49. The van der Waals surface area contributed by atoms with Gasteiger partial charge in [-0.05, 0) is 37.1 Å². The number of hydrogen-bond acceptors (Lipinski definition) is 6. The fourth-order valence-electron chi connectivity index (χ4n) is 2.58. The molecule has 2 heterocycles. The van der Waals surface area contributed by atoms with Crippen molar-refractivity contribution >= 4 is 17.5 Å². The zero-order valence-electron chi connectivity index (χ0n) is 14.7. The number of nitrogens with one attached hydrogen (secondary N) is 1. The highest BCUT2D eigenvalue weighted by molar-refractivity contribution is 6.32. The maximum atomic E-state index is 12.1. The number of rotatable bonds is 6. The Morgan fingerprint density at radius 2 is 2.08 bits per heavy atom. The molecule has 1 aliphatic rings. The molecule has 1 amide bonds. The van der Waals surface area contributed by atoms with Crippen LogP contribution in [-0.4, -0.2) is 43.5 Å². The summed E-state index contributed by atoms with van der Waals surface area (Å²) in [5.41, 5.74) is 2.07. The Morgan fingerprint density at radius 1 is 1.31 bits per heavy atom. The van der Waals surface area contributed by atoms with Crippen molar-refractivity contribution in [2.75, 3.05) is 26.4 Å². The van der Waals surface area contributed by atoms with Gasteiger partial charge in [0.25, 0.3) is 5.91 Å². The summed E-state index contributed by atoms with van der Waals surface area (Å²) in [5, 5.41) is 7.26. The standard InChI is InChI=1S/C18H21ClN2O5/c1-11-5-13(6-12(2)17(11)19)25-10-14-7-16(21-26-14)18(22)20-8-15-9-23-3-4-24-15/h5-7,15H,3-4,8-10H2,1-2H3,(H,20,22). The third kappa shape index (κ3) is 4.75. The van der Waals surface area contributed by atoms with Gasteiger partial charge >= 0.3 is 0 Å². The van der Waals surface area contributed by atoms with Crippen LogP contribution in [0.2, 0.25) is 5.02 Å². The predicted molar refractivity (Wildman–Crippen MR) is 94.7 cm³/mol. The van der Waals surface area contributed by atoms with Crippen molar-refractivity contribution < 1.29 is 23.5 Å². The van der Waals surface area contributed by atoms with Crippen molar-refractivity contribution in [1.82, 2.24) is 10.5 Å². The topological polar surface area (TPSA) is 82.8 Å². The molecule has 1 atom stereocenters. The lowest BCUT2D eigenvalue weighted by molar-refractivity contribution is -0.0855. The van der Waals surface area contributed by atoms with Crippen molar-refractivity contribution in [2.45, 2.75) is 26.6 Å². The molecule has 140 valence electrons. The lowest BCUT2D eigenvalue weighted by Crippen LogP contribution is -2.39. The smallest absolute Gasteiger partial charge is 0.273 e. The molecule has 0 aliphatic carbocycles. The molecule has 0 saturated carbocycles. The van der Waals surface area contributed by atoms with E-state index in [0.29, 0.717) is 37.9 Å². The van der Waals surface area contributed by atoms with E-state index < -0.39 is 0 Å². The van der Waals surface area contributed by atoms with Crippen LogP contribution < -0.4 is 10.1 Å². The molecule has 0 radical (unpaired) electrons. The third-order valence-electron chi connectivity index (χ3n) is 3.96. The van der Waals surface area contributed by atoms with Crippen LogP contribution in [-0.2, 0) is 16.1 Å². The highest BCUT2D eigenvalue weighted by atomic mass is 35.5. The van der Waals surface area contributed by atoms with Crippen LogP contribution >= 0.6 is 11.6 Å². The maximum Gasteiger partial charge on any atom is 0.273 e. The molecular weight excluding hydrogens is 360 g/mol. The van der Waals surface area contributed by atoms with Crippen molar-refractivity contribution in [3.05, 3.63) is 45.8 Å². The molecular formula is C18H21ClN2O5. The van der Waals surface area contributed by atoms with Crippen molar-refractivity contribution in [3.63, 3.8) is 0 Å². The summed E-state index contributed by atoms with van der Waals surface area (Å²) in [7, 11) is 0. The van der Waals surface area contributed by atoms with E-state index in [4.69, 9.17) is 30.3 Å². The second kappa shape index (κ2) is 8.53. The van der Waals surface area contributed by atoms with E-state index in [1.807, 2.05) is 26.0 Å². The Morgan fingerprint density at radius 3 is 2.77 bits per heavy atom. The number of aryl methyl sites for hydroxylation is 2. The molecule has 8 heteroatoms. The molecule has 7 nitrogen and oxygen atoms in total. The summed E-state index contributed by atoms with van der Waals surface area (Å²) >= 11 is 6.15. The van der Waals surface area contributed by atoms with Crippen molar-refractivity contribution in [2.24, 2.45) is 0 Å². The monoisotopic (exact) mass is 380 g/mol. The van der Waals surface area contributed by atoms with Gasteiger partial charge < -0.3 is 24.1 Å². The Balaban J connectivity index is 1.51. The summed E-state index contributed by atoms with van der Waals surface area (Å²) in [6.07, 6.45) is -0.140. The molecule has 1 saturated heterocycles. The normalized spacial score (nSPS) is 17.1. The minimum Gasteiger partial charge on any atom is -0.486 e. The van der Waals surface area contributed by atoms with Gasteiger partial charge in [0.2, 0.25) is 0 Å². The Hall–Kier alpha value is -2.09. The van der Waals surface area contributed by atoms with E-state index in [1.165, 1.54) is 0 Å². The van der Waals surface area contributed by atoms with Crippen LogP contribution in [0.4, 0.5) is 0 Å². The number of amides is 1. The van der Waals surface area contributed by atoms with E-state index in [-0.39, 0.29) is 24.3 Å². The molecule has 1 aromatic carbocycles. The van der Waals surface area contributed by atoms with E-state index >= 15 is 0 Å². The molecule has 1 aliphatic heterocycles. The quantitative estimate of drug-likeness (QED) is 0.829. The Bertz CT molecular complexity index is 748. The van der Waals surface area contributed by atoms with Gasteiger partial charge in [0, 0.05) is 17.6 Å². The van der Waals surface area contributed by atoms with Gasteiger partial charge in [-0.25, -0.2) is 0 Å². The van der Waals surface area contributed by atoms with Gasteiger partial charge in [-0.3, -0.25) is 4.79 Å².